The number of nitrogens with one attached hydrogen (secondary N) is 2. The molecular formula is C27H24N4O. The molecule has 0 saturated carbocycles. The van der Waals surface area contributed by atoms with Crippen molar-refractivity contribution in [3.63, 3.8) is 0 Å². The Kier molecular flexibility index (Phi) is 5.54. The second-order valence-electron chi connectivity index (χ2n) is 7.88. The van der Waals surface area contributed by atoms with Crippen molar-refractivity contribution in [3.05, 3.63) is 126 Å². The van der Waals surface area contributed by atoms with E-state index in [4.69, 9.17) is 0 Å². The third kappa shape index (κ3) is 4.18. The summed E-state index contributed by atoms with van der Waals surface area (Å²) in [6.07, 6.45) is 5.47. The molecule has 2 heterocycles. The van der Waals surface area contributed by atoms with Crippen LogP contribution in [-0.4, -0.2) is 27.2 Å². The first-order valence-electron chi connectivity index (χ1n) is 10.7. The molecule has 32 heavy (non-hydrogen) atoms. The second-order valence-corrected chi connectivity index (χ2v) is 7.88. The van der Waals surface area contributed by atoms with Gasteiger partial charge < -0.3 is 10.3 Å². The zero-order chi connectivity index (χ0) is 21.8. The maximum Gasteiger partial charge on any atom is 0.254 e. The van der Waals surface area contributed by atoms with Gasteiger partial charge in [-0.2, -0.15) is 5.10 Å². The molecule has 1 unspecified atom stereocenters. The summed E-state index contributed by atoms with van der Waals surface area (Å²) in [5, 5.41) is 8.65. The van der Waals surface area contributed by atoms with E-state index in [9.17, 15) is 4.79 Å². The molecule has 0 spiro atoms. The SMILES string of the molecule is O=C(NCC(c1ccccc1)c1c[nH]c2ccccc12)c1cnn(Cc2ccccc2)c1. The zero-order valence-electron chi connectivity index (χ0n) is 17.6. The van der Waals surface area contributed by atoms with Gasteiger partial charge in [0.2, 0.25) is 0 Å². The maximum atomic E-state index is 12.9. The van der Waals surface area contributed by atoms with Crippen molar-refractivity contribution in [2.45, 2.75) is 12.5 Å². The van der Waals surface area contributed by atoms with Crippen LogP contribution in [0.4, 0.5) is 0 Å². The molecular weight excluding hydrogens is 396 g/mol. The molecule has 5 aromatic rings. The van der Waals surface area contributed by atoms with Crippen LogP contribution in [0.1, 0.15) is 33.0 Å². The number of rotatable bonds is 7. The largest absolute Gasteiger partial charge is 0.361 e. The van der Waals surface area contributed by atoms with Crippen LogP contribution in [0.15, 0.2) is 104 Å². The Hall–Kier alpha value is -4.12. The number of fused-ring (bicyclic) bond motifs is 1. The van der Waals surface area contributed by atoms with E-state index in [-0.39, 0.29) is 11.8 Å². The molecule has 0 saturated heterocycles. The molecule has 2 N–H and O–H groups in total. The molecule has 3 aromatic carbocycles. The third-order valence-corrected chi connectivity index (χ3v) is 5.75. The van der Waals surface area contributed by atoms with Crippen molar-refractivity contribution in [3.8, 4) is 0 Å². The van der Waals surface area contributed by atoms with Gasteiger partial charge in [0.1, 0.15) is 0 Å². The highest BCUT2D eigenvalue weighted by atomic mass is 16.1. The second kappa shape index (κ2) is 8.94. The lowest BCUT2D eigenvalue weighted by Gasteiger charge is -2.18. The van der Waals surface area contributed by atoms with Gasteiger partial charge in [-0.25, -0.2) is 0 Å². The van der Waals surface area contributed by atoms with Crippen LogP contribution in [0, 0.1) is 0 Å². The first-order valence-corrected chi connectivity index (χ1v) is 10.7. The zero-order valence-corrected chi connectivity index (χ0v) is 17.6. The number of aromatic nitrogens is 3. The minimum atomic E-state index is -0.120. The molecule has 0 bridgehead atoms. The summed E-state index contributed by atoms with van der Waals surface area (Å²) in [4.78, 5) is 16.3. The number of hydrogen-bond donors (Lipinski definition) is 2. The van der Waals surface area contributed by atoms with E-state index < -0.39 is 0 Å². The molecule has 1 atom stereocenters. The van der Waals surface area contributed by atoms with E-state index in [1.165, 1.54) is 10.9 Å². The van der Waals surface area contributed by atoms with E-state index in [0.717, 1.165) is 16.6 Å². The van der Waals surface area contributed by atoms with Crippen LogP contribution in [-0.2, 0) is 6.54 Å². The van der Waals surface area contributed by atoms with Crippen LogP contribution >= 0.6 is 0 Å². The number of nitrogens with zero attached hydrogens (tertiary/aromatic N) is 2. The summed E-state index contributed by atoms with van der Waals surface area (Å²) in [7, 11) is 0. The Labute approximate surface area is 186 Å². The molecule has 0 fully saturated rings. The van der Waals surface area contributed by atoms with Crippen molar-refractivity contribution >= 4 is 16.8 Å². The number of carbonyl (C=O) groups excluding carboxylic acids is 1. The van der Waals surface area contributed by atoms with E-state index in [0.29, 0.717) is 18.7 Å². The summed E-state index contributed by atoms with van der Waals surface area (Å²) >= 11 is 0. The number of aromatic amines is 1. The standard InChI is InChI=1S/C27H24N4O/c32-27(22-15-30-31(19-22)18-20-9-3-1-4-10-20)29-16-24(21-11-5-2-6-12-21)25-17-28-26-14-8-7-13-23(25)26/h1-15,17,19,24,28H,16,18H2,(H,29,32). The summed E-state index contributed by atoms with van der Waals surface area (Å²) < 4.78 is 1.79. The van der Waals surface area contributed by atoms with Gasteiger partial charge in [-0.05, 0) is 22.8 Å². The first kappa shape index (κ1) is 19.8. The molecule has 5 rings (SSSR count). The molecule has 0 aliphatic rings. The maximum absolute atomic E-state index is 12.9. The van der Waals surface area contributed by atoms with E-state index in [1.807, 2.05) is 66.9 Å². The number of H-pyrrole nitrogens is 1. The van der Waals surface area contributed by atoms with Crippen molar-refractivity contribution in [2.75, 3.05) is 6.54 Å². The number of benzene rings is 3. The fourth-order valence-corrected chi connectivity index (χ4v) is 4.11. The highest BCUT2D eigenvalue weighted by molar-refractivity contribution is 5.93. The Morgan fingerprint density at radius 1 is 0.938 bits per heavy atom. The Balaban J connectivity index is 1.34. The van der Waals surface area contributed by atoms with E-state index in [1.54, 1.807) is 17.1 Å². The highest BCUT2D eigenvalue weighted by Crippen LogP contribution is 2.30. The van der Waals surface area contributed by atoms with Gasteiger partial charge in [-0.1, -0.05) is 78.9 Å². The first-order chi connectivity index (χ1) is 15.8. The number of carbonyl (C=O) groups is 1. The summed E-state index contributed by atoms with van der Waals surface area (Å²) in [6.45, 7) is 1.13. The van der Waals surface area contributed by atoms with Gasteiger partial charge in [-0.3, -0.25) is 9.48 Å². The molecule has 158 valence electrons. The van der Waals surface area contributed by atoms with Crippen molar-refractivity contribution < 1.29 is 4.79 Å². The van der Waals surface area contributed by atoms with E-state index in [2.05, 4.69) is 39.7 Å². The number of amides is 1. The van der Waals surface area contributed by atoms with Gasteiger partial charge >= 0.3 is 0 Å². The summed E-state index contributed by atoms with van der Waals surface area (Å²) in [6, 6.07) is 28.6. The van der Waals surface area contributed by atoms with Crippen molar-refractivity contribution in [1.82, 2.24) is 20.1 Å². The topological polar surface area (TPSA) is 62.7 Å². The quantitative estimate of drug-likeness (QED) is 0.390. The fourth-order valence-electron chi connectivity index (χ4n) is 4.11. The average Bonchev–Trinajstić information content (AvgIpc) is 3.48. The lowest BCUT2D eigenvalue weighted by Crippen LogP contribution is -2.28. The van der Waals surface area contributed by atoms with Crippen molar-refractivity contribution in [1.29, 1.82) is 0 Å². The highest BCUT2D eigenvalue weighted by Gasteiger charge is 2.19. The Morgan fingerprint density at radius 2 is 1.66 bits per heavy atom. The minimum Gasteiger partial charge on any atom is -0.361 e. The van der Waals surface area contributed by atoms with Crippen LogP contribution in [0.25, 0.3) is 10.9 Å². The Bertz CT molecular complexity index is 1320. The smallest absolute Gasteiger partial charge is 0.254 e. The fraction of sp³-hybridized carbons (Fsp3) is 0.111. The van der Waals surface area contributed by atoms with Crippen molar-refractivity contribution in [2.24, 2.45) is 0 Å². The number of hydrogen-bond acceptors (Lipinski definition) is 2. The summed E-state index contributed by atoms with van der Waals surface area (Å²) in [5.74, 6) is -0.0826. The van der Waals surface area contributed by atoms with Gasteiger partial charge in [0.05, 0.1) is 18.3 Å². The lowest BCUT2D eigenvalue weighted by molar-refractivity contribution is 0.0952. The molecule has 0 aliphatic heterocycles. The van der Waals surface area contributed by atoms with Gasteiger partial charge in [0.15, 0.2) is 0 Å². The molecule has 0 aliphatic carbocycles. The van der Waals surface area contributed by atoms with Crippen LogP contribution in [0.2, 0.25) is 0 Å². The third-order valence-electron chi connectivity index (χ3n) is 5.75. The van der Waals surface area contributed by atoms with Crippen LogP contribution < -0.4 is 5.32 Å². The van der Waals surface area contributed by atoms with Crippen LogP contribution in [0.5, 0.6) is 0 Å². The van der Waals surface area contributed by atoms with E-state index >= 15 is 0 Å². The van der Waals surface area contributed by atoms with Gasteiger partial charge in [0.25, 0.3) is 5.91 Å². The number of para-hydroxylation sites is 1. The normalized spacial score (nSPS) is 12.0. The Morgan fingerprint density at radius 3 is 2.47 bits per heavy atom. The minimum absolute atomic E-state index is 0.0377. The predicted molar refractivity (Wildman–Crippen MR) is 127 cm³/mol. The molecule has 0 radical (unpaired) electrons. The molecule has 5 heteroatoms. The lowest BCUT2D eigenvalue weighted by atomic mass is 9.91. The average molecular weight is 421 g/mol. The van der Waals surface area contributed by atoms with Crippen LogP contribution in [0.3, 0.4) is 0 Å². The van der Waals surface area contributed by atoms with Gasteiger partial charge in [-0.15, -0.1) is 0 Å². The molecule has 5 nitrogen and oxygen atoms in total. The molecule has 1 amide bonds. The monoisotopic (exact) mass is 420 g/mol. The summed E-state index contributed by atoms with van der Waals surface area (Å²) in [5.41, 5.74) is 5.14. The predicted octanol–water partition coefficient (Wildman–Crippen LogP) is 4.97. The van der Waals surface area contributed by atoms with Gasteiger partial charge in [0, 0.05) is 35.8 Å². The molecule has 2 aromatic heterocycles.